The summed E-state index contributed by atoms with van der Waals surface area (Å²) in [4.78, 5) is 3.05. The van der Waals surface area contributed by atoms with Gasteiger partial charge in [0.1, 0.15) is 0 Å². The lowest BCUT2D eigenvalue weighted by atomic mass is 9.95. The van der Waals surface area contributed by atoms with E-state index in [1.165, 1.54) is 62.9 Å². The molecule has 2 fully saturated rings. The third-order valence-electron chi connectivity index (χ3n) is 5.74. The van der Waals surface area contributed by atoms with E-state index >= 15 is 0 Å². The molecule has 0 radical (unpaired) electrons. The maximum absolute atomic E-state index is 4.54. The molecule has 0 bridgehead atoms. The van der Waals surface area contributed by atoms with E-state index in [0.717, 1.165) is 11.7 Å². The number of hydrogen-bond acceptors (Lipinski definition) is 4. The predicted octanol–water partition coefficient (Wildman–Crippen LogP) is 2.64. The quantitative estimate of drug-likeness (QED) is 0.926. The van der Waals surface area contributed by atoms with E-state index in [0.29, 0.717) is 12.1 Å². The molecule has 1 aliphatic carbocycles. The van der Waals surface area contributed by atoms with E-state index in [2.05, 4.69) is 44.6 Å². The normalized spacial score (nSPS) is 27.2. The highest BCUT2D eigenvalue weighted by Gasteiger charge is 2.36. The van der Waals surface area contributed by atoms with Crippen molar-refractivity contribution in [2.45, 2.75) is 64.0 Å². The molecule has 2 aliphatic rings. The summed E-state index contributed by atoms with van der Waals surface area (Å²) >= 11 is 1.85. The largest absolute Gasteiger partial charge is 0.321 e. The Hall–Kier alpha value is -1.27. The Morgan fingerprint density at radius 2 is 2.08 bits per heavy atom. The second kappa shape index (κ2) is 7.31. The van der Waals surface area contributed by atoms with Gasteiger partial charge in [-0.15, -0.1) is 16.4 Å². The minimum absolute atomic E-state index is 0.296. The van der Waals surface area contributed by atoms with Gasteiger partial charge >= 0.3 is 0 Å². The van der Waals surface area contributed by atoms with Gasteiger partial charge in [0, 0.05) is 5.92 Å². The molecule has 1 unspecified atom stereocenters. The molecule has 0 spiro atoms. The molecule has 2 aromatic rings. The summed E-state index contributed by atoms with van der Waals surface area (Å²) in [6, 6.07) is 5.22. The predicted molar refractivity (Wildman–Crippen MR) is 95.2 cm³/mol. The molecule has 0 aromatic carbocycles. The van der Waals surface area contributed by atoms with E-state index < -0.39 is 0 Å². The number of nitrogens with one attached hydrogen (secondary N) is 1. The van der Waals surface area contributed by atoms with E-state index in [-0.39, 0.29) is 0 Å². The first-order chi connectivity index (χ1) is 11.8. The van der Waals surface area contributed by atoms with E-state index in [1.807, 2.05) is 11.3 Å². The zero-order valence-corrected chi connectivity index (χ0v) is 15.3. The Morgan fingerprint density at radius 1 is 1.21 bits per heavy atom. The number of likely N-dealkylation sites (tertiary alicyclic amines) is 1. The average Bonchev–Trinajstić information content (AvgIpc) is 3.29. The van der Waals surface area contributed by atoms with Crippen molar-refractivity contribution in [1.29, 1.82) is 0 Å². The van der Waals surface area contributed by atoms with Gasteiger partial charge in [-0.3, -0.25) is 0 Å². The average molecular weight is 347 g/mol. The van der Waals surface area contributed by atoms with Crippen molar-refractivity contribution < 1.29 is 4.90 Å². The molecule has 0 amide bonds. The third kappa shape index (κ3) is 3.26. The highest BCUT2D eigenvalue weighted by atomic mass is 32.1. The lowest BCUT2D eigenvalue weighted by Crippen LogP contribution is -3.14. The van der Waals surface area contributed by atoms with Gasteiger partial charge in [-0.1, -0.05) is 32.3 Å². The minimum atomic E-state index is 0.296. The molecule has 6 heteroatoms. The summed E-state index contributed by atoms with van der Waals surface area (Å²) in [6.45, 7) is 4.83. The van der Waals surface area contributed by atoms with Crippen molar-refractivity contribution in [3.63, 3.8) is 0 Å². The fourth-order valence-corrected chi connectivity index (χ4v) is 5.41. The van der Waals surface area contributed by atoms with Crippen LogP contribution in [0.4, 0.5) is 0 Å². The molecule has 3 atom stereocenters. The monoisotopic (exact) mass is 346 g/mol. The van der Waals surface area contributed by atoms with Crippen molar-refractivity contribution in [2.75, 3.05) is 13.1 Å². The summed E-state index contributed by atoms with van der Waals surface area (Å²) in [5.74, 6) is 1.88. The van der Waals surface area contributed by atoms with Crippen LogP contribution in [0, 0.1) is 5.92 Å². The van der Waals surface area contributed by atoms with Gasteiger partial charge in [0.25, 0.3) is 0 Å². The Balaban J connectivity index is 1.68. The lowest BCUT2D eigenvalue weighted by Gasteiger charge is -2.34. The highest BCUT2D eigenvalue weighted by Crippen LogP contribution is 2.31. The smallest absolute Gasteiger partial charge is 0.215 e. The molecular formula is C18H28N5S+. The van der Waals surface area contributed by atoms with Crippen molar-refractivity contribution in [1.82, 2.24) is 20.2 Å². The summed E-state index contributed by atoms with van der Waals surface area (Å²) in [5.41, 5.74) is 0. The first-order valence-electron chi connectivity index (χ1n) is 9.48. The van der Waals surface area contributed by atoms with Gasteiger partial charge < -0.3 is 4.90 Å². The number of hydrogen-bond donors (Lipinski definition) is 1. The third-order valence-corrected chi connectivity index (χ3v) is 6.68. The molecular weight excluding hydrogens is 318 g/mol. The van der Waals surface area contributed by atoms with Crippen LogP contribution in [-0.4, -0.2) is 33.3 Å². The van der Waals surface area contributed by atoms with Crippen molar-refractivity contribution in [3.05, 3.63) is 28.2 Å². The van der Waals surface area contributed by atoms with Gasteiger partial charge in [0.15, 0.2) is 6.04 Å². The number of rotatable bonds is 4. The van der Waals surface area contributed by atoms with Gasteiger partial charge in [0.2, 0.25) is 5.82 Å². The molecule has 3 heterocycles. The topological polar surface area (TPSA) is 48.0 Å². The number of tetrazole rings is 1. The standard InChI is InChI=1S/C18H27N5S/c1-14-7-5-11-22(13-14)17(16-10-6-12-24-16)18-19-20-21-23(18)15-8-3-2-4-9-15/h6,10,12,14-15,17H,2-5,7-9,11,13H2,1H3/p+1/t14-,17+/m1/s1. The number of aromatic nitrogens is 4. The first kappa shape index (κ1) is 16.2. The fourth-order valence-electron chi connectivity index (χ4n) is 4.53. The van der Waals surface area contributed by atoms with E-state index in [4.69, 9.17) is 0 Å². The number of thiophene rings is 1. The molecule has 1 aliphatic heterocycles. The lowest BCUT2D eigenvalue weighted by molar-refractivity contribution is -0.934. The van der Waals surface area contributed by atoms with Crippen LogP contribution in [-0.2, 0) is 0 Å². The van der Waals surface area contributed by atoms with Crippen LogP contribution in [0.2, 0.25) is 0 Å². The Labute approximate surface area is 148 Å². The second-order valence-corrected chi connectivity index (χ2v) is 8.56. The van der Waals surface area contributed by atoms with Crippen LogP contribution >= 0.6 is 11.3 Å². The fraction of sp³-hybridized carbons (Fsp3) is 0.722. The van der Waals surface area contributed by atoms with E-state index in [9.17, 15) is 0 Å². The van der Waals surface area contributed by atoms with Crippen LogP contribution in [0.1, 0.15) is 74.7 Å². The molecule has 4 rings (SSSR count). The molecule has 2 aromatic heterocycles. The van der Waals surface area contributed by atoms with Gasteiger partial charge in [-0.05, 0) is 47.6 Å². The second-order valence-electron chi connectivity index (χ2n) is 7.58. The summed E-state index contributed by atoms with van der Waals surface area (Å²) < 4.78 is 2.18. The molecule has 1 N–H and O–H groups in total. The number of quaternary nitrogens is 1. The van der Waals surface area contributed by atoms with Crippen molar-refractivity contribution >= 4 is 11.3 Å². The summed E-state index contributed by atoms with van der Waals surface area (Å²) in [6.07, 6.45) is 9.08. The first-order valence-corrected chi connectivity index (χ1v) is 10.4. The SMILES string of the molecule is C[C@@H]1CCC[NH+]([C@@H](c2cccs2)c2nnnn2C2CCCCC2)C1. The maximum Gasteiger partial charge on any atom is 0.215 e. The van der Waals surface area contributed by atoms with E-state index in [1.54, 1.807) is 4.90 Å². The van der Waals surface area contributed by atoms with Crippen molar-refractivity contribution in [3.8, 4) is 0 Å². The van der Waals surface area contributed by atoms with Crippen LogP contribution in [0.15, 0.2) is 17.5 Å². The van der Waals surface area contributed by atoms with Gasteiger partial charge in [0.05, 0.1) is 24.0 Å². The molecule has 130 valence electrons. The maximum atomic E-state index is 4.54. The van der Waals surface area contributed by atoms with Crippen LogP contribution < -0.4 is 4.90 Å². The molecule has 1 saturated carbocycles. The summed E-state index contributed by atoms with van der Waals surface area (Å²) in [5, 5.41) is 15.2. The Kier molecular flexibility index (Phi) is 4.94. The minimum Gasteiger partial charge on any atom is -0.321 e. The zero-order chi connectivity index (χ0) is 16.4. The van der Waals surface area contributed by atoms with Crippen molar-refractivity contribution in [2.24, 2.45) is 5.92 Å². The van der Waals surface area contributed by atoms with Gasteiger partial charge in [-0.25, -0.2) is 4.68 Å². The van der Waals surface area contributed by atoms with Crippen LogP contribution in [0.5, 0.6) is 0 Å². The number of nitrogens with zero attached hydrogens (tertiary/aromatic N) is 4. The van der Waals surface area contributed by atoms with Crippen LogP contribution in [0.25, 0.3) is 0 Å². The Morgan fingerprint density at radius 3 is 2.83 bits per heavy atom. The van der Waals surface area contributed by atoms with Gasteiger partial charge in [-0.2, -0.15) is 0 Å². The molecule has 24 heavy (non-hydrogen) atoms. The zero-order valence-electron chi connectivity index (χ0n) is 14.5. The highest BCUT2D eigenvalue weighted by molar-refractivity contribution is 7.10. The molecule has 1 saturated heterocycles. The molecule has 5 nitrogen and oxygen atoms in total. The number of piperidine rings is 1. The summed E-state index contributed by atoms with van der Waals surface area (Å²) in [7, 11) is 0. The Bertz CT molecular complexity index is 632. The van der Waals surface area contributed by atoms with Crippen LogP contribution in [0.3, 0.4) is 0 Å².